The molecule has 0 fully saturated rings. The van der Waals surface area contributed by atoms with E-state index in [1.54, 1.807) is 36.4 Å². The number of ether oxygens (including phenoxy) is 2. The third-order valence-corrected chi connectivity index (χ3v) is 8.44. The second kappa shape index (κ2) is 12.2. The number of carbonyl (C=O) groups excluding carboxylic acids is 2. The van der Waals surface area contributed by atoms with Crippen molar-refractivity contribution in [3.63, 3.8) is 0 Å². The van der Waals surface area contributed by atoms with Crippen LogP contribution < -0.4 is 9.47 Å². The first-order chi connectivity index (χ1) is 21.4. The van der Waals surface area contributed by atoms with Crippen molar-refractivity contribution in [2.45, 2.75) is 26.7 Å². The second-order valence-corrected chi connectivity index (χ2v) is 10.9. The van der Waals surface area contributed by atoms with Crippen LogP contribution in [0.2, 0.25) is 0 Å². The lowest BCUT2D eigenvalue weighted by molar-refractivity contribution is -0.156. The van der Waals surface area contributed by atoms with Crippen molar-refractivity contribution in [3.8, 4) is 23.6 Å². The first-order valence-electron chi connectivity index (χ1n) is 14.8. The molecule has 4 aromatic rings. The van der Waals surface area contributed by atoms with Gasteiger partial charge in [0, 0.05) is 37.0 Å². The molecule has 2 aromatic heterocycles. The van der Waals surface area contributed by atoms with Gasteiger partial charge in [0.05, 0.1) is 45.7 Å². The Balaban J connectivity index is 1.33. The summed E-state index contributed by atoms with van der Waals surface area (Å²) in [6, 6.07) is 14.4. The summed E-state index contributed by atoms with van der Waals surface area (Å²) < 4.78 is 11.6. The molecular formula is C34H32N6O4. The molecule has 2 aliphatic rings. The molecule has 44 heavy (non-hydrogen) atoms. The summed E-state index contributed by atoms with van der Waals surface area (Å²) in [5.41, 5.74) is 5.34. The molecule has 0 atom stereocenters. The second-order valence-electron chi connectivity index (χ2n) is 10.9. The Kier molecular flexibility index (Phi) is 8.03. The molecule has 0 spiro atoms. The molecular weight excluding hydrogens is 556 g/mol. The van der Waals surface area contributed by atoms with Gasteiger partial charge in [-0.2, -0.15) is 10.5 Å². The first kappa shape index (κ1) is 28.9. The topological polar surface area (TPSA) is 138 Å². The molecule has 0 amide bonds. The predicted molar refractivity (Wildman–Crippen MR) is 167 cm³/mol. The Bertz CT molecular complexity index is 1790. The fourth-order valence-electron chi connectivity index (χ4n) is 5.87. The number of hydrogen-bond donors (Lipinski definition) is 2. The van der Waals surface area contributed by atoms with Gasteiger partial charge in [-0.25, -0.2) is 9.59 Å². The van der Waals surface area contributed by atoms with E-state index in [0.29, 0.717) is 44.3 Å². The summed E-state index contributed by atoms with van der Waals surface area (Å²) in [4.78, 5) is 38.0. The number of nitriles is 2. The van der Waals surface area contributed by atoms with Gasteiger partial charge in [-0.3, -0.25) is 9.80 Å². The Hall–Kier alpha value is -5.16. The van der Waals surface area contributed by atoms with Crippen LogP contribution in [0.1, 0.15) is 49.2 Å². The van der Waals surface area contributed by atoms with Crippen LogP contribution in [0.25, 0.3) is 33.0 Å². The largest absolute Gasteiger partial charge is 0.423 e. The number of benzene rings is 2. The summed E-state index contributed by atoms with van der Waals surface area (Å²) in [6.45, 7) is 9.27. The summed E-state index contributed by atoms with van der Waals surface area (Å²) in [6.07, 6.45) is 5.64. The van der Waals surface area contributed by atoms with Crippen LogP contribution in [0.15, 0.2) is 48.6 Å². The van der Waals surface area contributed by atoms with Crippen LogP contribution in [-0.4, -0.2) is 71.0 Å². The highest BCUT2D eigenvalue weighted by Crippen LogP contribution is 2.39. The average Bonchev–Trinajstić information content (AvgIpc) is 3.61. The van der Waals surface area contributed by atoms with E-state index in [4.69, 9.17) is 9.47 Å². The van der Waals surface area contributed by atoms with Crippen molar-refractivity contribution in [2.75, 3.05) is 39.3 Å². The first-order valence-corrected chi connectivity index (χ1v) is 14.8. The number of aromatic nitrogens is 2. The number of fused-ring (bicyclic) bond motifs is 2. The van der Waals surface area contributed by atoms with Gasteiger partial charge in [0.15, 0.2) is 11.5 Å². The summed E-state index contributed by atoms with van der Waals surface area (Å²) in [7, 11) is 0. The van der Waals surface area contributed by atoms with Crippen molar-refractivity contribution in [3.05, 3.63) is 71.1 Å². The third-order valence-electron chi connectivity index (χ3n) is 8.44. The van der Waals surface area contributed by atoms with Gasteiger partial charge in [-0.05, 0) is 73.5 Å². The molecule has 0 radical (unpaired) electrons. The molecule has 0 saturated heterocycles. The van der Waals surface area contributed by atoms with Crippen LogP contribution in [0.5, 0.6) is 11.5 Å². The molecule has 6 rings (SSSR count). The molecule has 10 heteroatoms. The Morgan fingerprint density at radius 2 is 1.18 bits per heavy atom. The zero-order valence-electron chi connectivity index (χ0n) is 24.7. The predicted octanol–water partition coefficient (Wildman–Crippen LogP) is 5.12. The molecule has 10 nitrogen and oxygen atoms in total. The highest BCUT2D eigenvalue weighted by atomic mass is 16.6. The SMILES string of the molecule is CCN1CC=C(c2[nH]c3cc(C#N)ccc3c2OC(=O)C(=O)Oc2c(C3=CCN(CC)CC3)[nH]c3cc(C#N)ccc23)CC1. The Morgan fingerprint density at radius 1 is 0.750 bits per heavy atom. The molecule has 2 aromatic carbocycles. The number of aromatic amines is 2. The number of esters is 2. The number of nitrogens with one attached hydrogen (secondary N) is 2. The lowest BCUT2D eigenvalue weighted by atomic mass is 10.0. The van der Waals surface area contributed by atoms with Gasteiger partial charge < -0.3 is 19.4 Å². The van der Waals surface area contributed by atoms with Crippen LogP contribution in [0.4, 0.5) is 0 Å². The van der Waals surface area contributed by atoms with E-state index in [1.807, 2.05) is 0 Å². The van der Waals surface area contributed by atoms with Gasteiger partial charge in [0.1, 0.15) is 0 Å². The molecule has 4 heterocycles. The minimum atomic E-state index is -1.16. The highest BCUT2D eigenvalue weighted by molar-refractivity contribution is 6.31. The molecule has 2 aliphatic heterocycles. The van der Waals surface area contributed by atoms with Crippen LogP contribution in [-0.2, 0) is 9.59 Å². The number of carbonyl (C=O) groups is 2. The van der Waals surface area contributed by atoms with Gasteiger partial charge in [-0.1, -0.05) is 26.0 Å². The summed E-state index contributed by atoms with van der Waals surface area (Å²) in [5.74, 6) is -1.86. The Labute approximate surface area is 254 Å². The highest BCUT2D eigenvalue weighted by Gasteiger charge is 2.29. The fraction of sp³-hybridized carbons (Fsp3) is 0.294. The van der Waals surface area contributed by atoms with E-state index in [9.17, 15) is 20.1 Å². The van der Waals surface area contributed by atoms with Gasteiger partial charge >= 0.3 is 11.9 Å². The molecule has 0 unspecified atom stereocenters. The van der Waals surface area contributed by atoms with E-state index in [2.05, 4.69) is 57.9 Å². The minimum Gasteiger partial charge on any atom is -0.415 e. The smallest absolute Gasteiger partial charge is 0.415 e. The third kappa shape index (κ3) is 5.49. The maximum Gasteiger partial charge on any atom is 0.423 e. The summed E-state index contributed by atoms with van der Waals surface area (Å²) in [5, 5.41) is 20.0. The minimum absolute atomic E-state index is 0.232. The van der Waals surface area contributed by atoms with Crippen molar-refractivity contribution < 1.29 is 19.1 Å². The van der Waals surface area contributed by atoms with Gasteiger partial charge in [0.2, 0.25) is 0 Å². The quantitative estimate of drug-likeness (QED) is 0.234. The van der Waals surface area contributed by atoms with E-state index < -0.39 is 11.9 Å². The van der Waals surface area contributed by atoms with Crippen LogP contribution in [0, 0.1) is 22.7 Å². The monoisotopic (exact) mass is 588 g/mol. The van der Waals surface area contributed by atoms with Crippen molar-refractivity contribution in [2.24, 2.45) is 0 Å². The molecule has 222 valence electrons. The number of nitrogens with zero attached hydrogens (tertiary/aromatic N) is 4. The number of rotatable bonds is 6. The molecule has 0 aliphatic carbocycles. The average molecular weight is 589 g/mol. The van der Waals surface area contributed by atoms with E-state index in [-0.39, 0.29) is 11.5 Å². The standard InChI is InChI=1S/C34H32N6O4/c1-3-39-13-9-23(10-14-39)29-31(25-7-5-21(19-35)17-27(25)37-29)43-33(41)34(42)44-32-26-8-6-22(20-36)18-28(26)38-30(32)24-11-15-40(4-2)16-12-24/h5-9,11,17-18,37-38H,3-4,10,12-16H2,1-2H3. The molecule has 0 bridgehead atoms. The summed E-state index contributed by atoms with van der Waals surface area (Å²) >= 11 is 0. The van der Waals surface area contributed by atoms with Gasteiger partial charge in [0.25, 0.3) is 0 Å². The zero-order valence-corrected chi connectivity index (χ0v) is 24.7. The lowest BCUT2D eigenvalue weighted by Crippen LogP contribution is -2.29. The molecule has 2 N–H and O–H groups in total. The van der Waals surface area contributed by atoms with E-state index >= 15 is 0 Å². The van der Waals surface area contributed by atoms with Crippen molar-refractivity contribution in [1.29, 1.82) is 10.5 Å². The molecule has 0 saturated carbocycles. The zero-order chi connectivity index (χ0) is 30.8. The van der Waals surface area contributed by atoms with Crippen LogP contribution in [0.3, 0.4) is 0 Å². The van der Waals surface area contributed by atoms with E-state index in [1.165, 1.54) is 0 Å². The van der Waals surface area contributed by atoms with E-state index in [0.717, 1.165) is 63.3 Å². The maximum atomic E-state index is 13.4. The number of hydrogen-bond acceptors (Lipinski definition) is 8. The fourth-order valence-corrected chi connectivity index (χ4v) is 5.87. The maximum absolute atomic E-state index is 13.4. The van der Waals surface area contributed by atoms with Gasteiger partial charge in [-0.15, -0.1) is 0 Å². The van der Waals surface area contributed by atoms with Crippen molar-refractivity contribution >= 4 is 44.9 Å². The van der Waals surface area contributed by atoms with Crippen molar-refractivity contribution in [1.82, 2.24) is 19.8 Å². The van der Waals surface area contributed by atoms with Crippen LogP contribution >= 0.6 is 0 Å². The number of likely N-dealkylation sites (N-methyl/N-ethyl adjacent to an activating group) is 2. The Morgan fingerprint density at radius 3 is 1.52 bits per heavy atom. The normalized spacial score (nSPS) is 15.8. The number of H-pyrrole nitrogens is 2. The lowest BCUT2D eigenvalue weighted by Gasteiger charge is -2.24.